The molecule has 0 saturated carbocycles. The van der Waals surface area contributed by atoms with Crippen LogP contribution in [0.1, 0.15) is 13.8 Å². The molecular formula is C14H16Cl2IrN3O5-. The van der Waals surface area contributed by atoms with E-state index in [9.17, 15) is 9.59 Å². The average Bonchev–Trinajstić information content (AvgIpc) is 2.51. The summed E-state index contributed by atoms with van der Waals surface area (Å²) >= 11 is 11.6. The zero-order valence-corrected chi connectivity index (χ0v) is 17.2. The predicted molar refractivity (Wildman–Crippen MR) is 87.7 cm³/mol. The van der Waals surface area contributed by atoms with Crippen LogP contribution >= 0.6 is 23.2 Å². The molecule has 0 aliphatic rings. The number of ether oxygens (including phenoxy) is 3. The van der Waals surface area contributed by atoms with E-state index in [2.05, 4.69) is 5.43 Å². The van der Waals surface area contributed by atoms with Crippen LogP contribution in [0.4, 0.5) is 0 Å². The molecular weight excluding hydrogens is 553 g/mol. The van der Waals surface area contributed by atoms with Crippen molar-refractivity contribution in [3.05, 3.63) is 45.3 Å². The SMILES string of the molecule is CC(C)C(=O)OCOC(=O)/C([N-]N)=C(/N)Oc1ccc(Cl)c(Cl)c1.[Ir]. The van der Waals surface area contributed by atoms with Gasteiger partial charge in [0.1, 0.15) is 5.75 Å². The van der Waals surface area contributed by atoms with Crippen molar-refractivity contribution in [1.82, 2.24) is 0 Å². The molecule has 8 nitrogen and oxygen atoms in total. The van der Waals surface area contributed by atoms with Crippen LogP contribution in [-0.2, 0) is 39.2 Å². The van der Waals surface area contributed by atoms with Gasteiger partial charge < -0.3 is 31.2 Å². The first-order chi connectivity index (χ1) is 11.3. The summed E-state index contributed by atoms with van der Waals surface area (Å²) < 4.78 is 14.6. The second-order valence-electron chi connectivity index (χ2n) is 4.69. The second kappa shape index (κ2) is 11.2. The van der Waals surface area contributed by atoms with E-state index in [1.807, 2.05) is 0 Å². The molecule has 0 spiro atoms. The molecule has 1 aromatic carbocycles. The monoisotopic (exact) mass is 569 g/mol. The van der Waals surface area contributed by atoms with Crippen LogP contribution in [0, 0.1) is 5.92 Å². The third kappa shape index (κ3) is 7.50. The third-order valence-corrected chi connectivity index (χ3v) is 3.28. The fourth-order valence-corrected chi connectivity index (χ4v) is 1.60. The van der Waals surface area contributed by atoms with Crippen LogP contribution in [-0.4, -0.2) is 18.7 Å². The van der Waals surface area contributed by atoms with E-state index in [0.29, 0.717) is 5.02 Å². The predicted octanol–water partition coefficient (Wildman–Crippen LogP) is 2.44. The number of nitrogens with zero attached hydrogens (tertiary/aromatic N) is 1. The van der Waals surface area contributed by atoms with Gasteiger partial charge in [-0.2, -0.15) is 0 Å². The molecule has 1 radical (unpaired) electrons. The molecule has 0 fully saturated rings. The van der Waals surface area contributed by atoms with Gasteiger partial charge in [0, 0.05) is 31.9 Å². The van der Waals surface area contributed by atoms with E-state index < -0.39 is 30.3 Å². The Kier molecular flexibility index (Phi) is 10.5. The van der Waals surface area contributed by atoms with Gasteiger partial charge in [-0.3, -0.25) is 4.79 Å². The molecule has 0 aliphatic heterocycles. The molecule has 0 unspecified atom stereocenters. The number of halogens is 2. The first-order valence-corrected chi connectivity index (χ1v) is 7.39. The van der Waals surface area contributed by atoms with Crippen LogP contribution in [0.15, 0.2) is 29.8 Å². The molecule has 0 bridgehead atoms. The molecule has 141 valence electrons. The number of carbonyl (C=O) groups excluding carboxylic acids is 2. The maximum absolute atomic E-state index is 11.8. The number of carbonyl (C=O) groups is 2. The zero-order valence-electron chi connectivity index (χ0n) is 13.2. The second-order valence-corrected chi connectivity index (χ2v) is 5.50. The first kappa shape index (κ1) is 23.5. The normalized spacial score (nSPS) is 11.1. The maximum atomic E-state index is 11.8. The molecule has 0 aromatic heterocycles. The van der Waals surface area contributed by atoms with E-state index in [1.54, 1.807) is 13.8 Å². The first-order valence-electron chi connectivity index (χ1n) is 6.63. The van der Waals surface area contributed by atoms with Crippen molar-refractivity contribution >= 4 is 35.1 Å². The number of hydrogen-bond donors (Lipinski definition) is 2. The molecule has 0 atom stereocenters. The van der Waals surface area contributed by atoms with E-state index in [-0.39, 0.29) is 36.8 Å². The Labute approximate surface area is 168 Å². The van der Waals surface area contributed by atoms with Gasteiger partial charge in [0.05, 0.1) is 16.0 Å². The van der Waals surface area contributed by atoms with Crippen molar-refractivity contribution in [3.63, 3.8) is 0 Å². The molecule has 1 rings (SSSR count). The van der Waals surface area contributed by atoms with Gasteiger partial charge >= 0.3 is 11.9 Å². The van der Waals surface area contributed by atoms with Crippen LogP contribution in [0.5, 0.6) is 5.75 Å². The molecule has 0 heterocycles. The van der Waals surface area contributed by atoms with Crippen molar-refractivity contribution in [2.24, 2.45) is 17.5 Å². The van der Waals surface area contributed by atoms with Gasteiger partial charge in [0.15, 0.2) is 5.88 Å². The Morgan fingerprint density at radius 1 is 1.20 bits per heavy atom. The van der Waals surface area contributed by atoms with E-state index >= 15 is 0 Å². The Bertz CT molecular complexity index is 655. The number of hydrogen-bond acceptors (Lipinski definition) is 7. The Morgan fingerprint density at radius 2 is 1.84 bits per heavy atom. The smallest absolute Gasteiger partial charge is 0.324 e. The molecule has 11 heteroatoms. The summed E-state index contributed by atoms with van der Waals surface area (Å²) in [4.78, 5) is 23.1. The van der Waals surface area contributed by atoms with Crippen molar-refractivity contribution in [3.8, 4) is 5.75 Å². The fraction of sp³-hybridized carbons (Fsp3) is 0.286. The summed E-state index contributed by atoms with van der Waals surface area (Å²) in [6.07, 6.45) is 0. The molecule has 0 aliphatic carbocycles. The number of benzene rings is 1. The van der Waals surface area contributed by atoms with Crippen molar-refractivity contribution in [2.75, 3.05) is 6.79 Å². The fourth-order valence-electron chi connectivity index (χ4n) is 1.31. The van der Waals surface area contributed by atoms with Gasteiger partial charge in [0.2, 0.25) is 6.79 Å². The van der Waals surface area contributed by atoms with Crippen LogP contribution in [0.3, 0.4) is 0 Å². The standard InChI is InChI=1S/C14H16Cl2N3O5.Ir/c1-7(2)13(20)22-6-23-14(21)11(19-18)12(17)24-8-3-4-9(15)10(16)5-8;/h3-5,7H,6,18H2,1-2H3,(H2,17,21);/q-1;. The van der Waals surface area contributed by atoms with Crippen LogP contribution in [0.25, 0.3) is 5.43 Å². The topological polar surface area (TPSA) is 128 Å². The number of nitrogens with two attached hydrogens (primary N) is 2. The van der Waals surface area contributed by atoms with E-state index in [4.69, 9.17) is 49.0 Å². The largest absolute Gasteiger partial charge is 0.615 e. The van der Waals surface area contributed by atoms with Crippen LogP contribution in [0.2, 0.25) is 10.0 Å². The van der Waals surface area contributed by atoms with Gasteiger partial charge in [-0.1, -0.05) is 37.0 Å². The molecule has 25 heavy (non-hydrogen) atoms. The Hall–Kier alpha value is -1.51. The van der Waals surface area contributed by atoms with Crippen molar-refractivity contribution in [1.29, 1.82) is 0 Å². The van der Waals surface area contributed by atoms with E-state index in [1.165, 1.54) is 18.2 Å². The quantitative estimate of drug-likeness (QED) is 0.129. The Balaban J connectivity index is 0.00000576. The summed E-state index contributed by atoms with van der Waals surface area (Å²) in [5.41, 5.74) is 8.36. The summed E-state index contributed by atoms with van der Waals surface area (Å²) in [5, 5.41) is 0.554. The van der Waals surface area contributed by atoms with Crippen molar-refractivity contribution in [2.45, 2.75) is 13.8 Å². The molecule has 1 aromatic rings. The minimum Gasteiger partial charge on any atom is -0.615 e. The molecule has 0 amide bonds. The summed E-state index contributed by atoms with van der Waals surface area (Å²) in [5.74, 6) is 2.99. The van der Waals surface area contributed by atoms with Crippen LogP contribution < -0.4 is 16.3 Å². The number of rotatable bonds is 7. The van der Waals surface area contributed by atoms with E-state index in [0.717, 1.165) is 0 Å². The minimum absolute atomic E-state index is 0. The van der Waals surface area contributed by atoms with Gasteiger partial charge in [-0.05, 0) is 12.1 Å². The summed E-state index contributed by atoms with van der Waals surface area (Å²) in [6.45, 7) is 2.66. The maximum Gasteiger partial charge on any atom is 0.324 e. The Morgan fingerprint density at radius 3 is 2.36 bits per heavy atom. The zero-order chi connectivity index (χ0) is 18.3. The molecule has 0 saturated heterocycles. The average molecular weight is 569 g/mol. The van der Waals surface area contributed by atoms with Gasteiger partial charge in [-0.25, -0.2) is 4.79 Å². The van der Waals surface area contributed by atoms with Gasteiger partial charge in [0.25, 0.3) is 0 Å². The van der Waals surface area contributed by atoms with Gasteiger partial charge in [-0.15, -0.1) is 0 Å². The molecule has 4 N–H and O–H groups in total. The summed E-state index contributed by atoms with van der Waals surface area (Å²) in [7, 11) is 0. The summed E-state index contributed by atoms with van der Waals surface area (Å²) in [6, 6.07) is 4.35. The minimum atomic E-state index is -1.02. The van der Waals surface area contributed by atoms with Crippen molar-refractivity contribution < 1.29 is 43.9 Å². The number of esters is 2. The third-order valence-electron chi connectivity index (χ3n) is 2.54.